The van der Waals surface area contributed by atoms with E-state index in [0.717, 1.165) is 5.75 Å². The molecule has 0 unspecified atom stereocenters. The maximum Gasteiger partial charge on any atom is 0.265 e. The van der Waals surface area contributed by atoms with Crippen molar-refractivity contribution in [2.75, 3.05) is 19.8 Å². The highest BCUT2D eigenvalue weighted by molar-refractivity contribution is 8.56. The molecule has 0 saturated carbocycles. The molecule has 0 aromatic carbocycles. The van der Waals surface area contributed by atoms with Crippen LogP contribution in [-0.2, 0) is 4.57 Å². The van der Waals surface area contributed by atoms with Crippen molar-refractivity contribution in [2.24, 2.45) is 0 Å². The Hall–Kier alpha value is 0.500. The van der Waals surface area contributed by atoms with Crippen LogP contribution in [0.2, 0.25) is 0 Å². The SMILES string of the molecule is CCSP(=O)(NC)NC. The predicted molar refractivity (Wildman–Crippen MR) is 43.9 cm³/mol. The molecule has 56 valence electrons. The van der Waals surface area contributed by atoms with Crippen molar-refractivity contribution in [2.45, 2.75) is 6.92 Å². The average molecular weight is 168 g/mol. The minimum absolute atomic E-state index is 0.860. The van der Waals surface area contributed by atoms with Crippen LogP contribution in [0.15, 0.2) is 0 Å². The molecule has 0 bridgehead atoms. The third-order valence-corrected chi connectivity index (χ3v) is 5.66. The molecule has 3 nitrogen and oxygen atoms in total. The summed E-state index contributed by atoms with van der Waals surface area (Å²) in [6.07, 6.45) is 0. The van der Waals surface area contributed by atoms with Crippen LogP contribution >= 0.6 is 18.0 Å². The Labute approximate surface area is 60.2 Å². The zero-order chi connectivity index (χ0) is 7.33. The third kappa shape index (κ3) is 3.26. The van der Waals surface area contributed by atoms with E-state index in [1.54, 1.807) is 14.1 Å². The van der Waals surface area contributed by atoms with Gasteiger partial charge in [-0.25, -0.2) is 10.2 Å². The summed E-state index contributed by atoms with van der Waals surface area (Å²) in [5, 5.41) is 5.47. The average Bonchev–Trinajstić information content (AvgIpc) is 1.89. The van der Waals surface area contributed by atoms with Crippen molar-refractivity contribution in [3.8, 4) is 0 Å². The van der Waals surface area contributed by atoms with Crippen LogP contribution in [0, 0.1) is 0 Å². The highest BCUT2D eigenvalue weighted by Crippen LogP contribution is 2.48. The van der Waals surface area contributed by atoms with Crippen molar-refractivity contribution in [3.05, 3.63) is 0 Å². The Morgan fingerprint density at radius 3 is 2.00 bits per heavy atom. The third-order valence-electron chi connectivity index (χ3n) is 0.900. The van der Waals surface area contributed by atoms with E-state index in [2.05, 4.69) is 10.2 Å². The van der Waals surface area contributed by atoms with E-state index in [-0.39, 0.29) is 0 Å². The molecule has 0 radical (unpaired) electrons. The molecule has 0 atom stereocenters. The van der Waals surface area contributed by atoms with Crippen LogP contribution < -0.4 is 10.2 Å². The molecule has 0 aliphatic heterocycles. The first-order chi connectivity index (χ1) is 4.18. The lowest BCUT2D eigenvalue weighted by Gasteiger charge is -2.12. The molecule has 0 aromatic rings. The maximum absolute atomic E-state index is 11.3. The van der Waals surface area contributed by atoms with Crippen molar-refractivity contribution < 1.29 is 4.57 Å². The van der Waals surface area contributed by atoms with Gasteiger partial charge in [0.1, 0.15) is 0 Å². The Balaban J connectivity index is 3.78. The molecule has 5 heteroatoms. The molecular formula is C4H13N2OPS. The quantitative estimate of drug-likeness (QED) is 0.620. The number of rotatable bonds is 4. The van der Waals surface area contributed by atoms with Crippen LogP contribution in [0.3, 0.4) is 0 Å². The van der Waals surface area contributed by atoms with Gasteiger partial charge in [0.2, 0.25) is 0 Å². The van der Waals surface area contributed by atoms with Crippen LogP contribution in [0.25, 0.3) is 0 Å². The lowest BCUT2D eigenvalue weighted by atomic mass is 11.0. The lowest BCUT2D eigenvalue weighted by Crippen LogP contribution is -2.12. The first-order valence-corrected chi connectivity index (χ1v) is 6.11. The van der Waals surface area contributed by atoms with Crippen molar-refractivity contribution in [3.63, 3.8) is 0 Å². The molecule has 0 aliphatic rings. The van der Waals surface area contributed by atoms with Crippen molar-refractivity contribution in [1.82, 2.24) is 10.2 Å². The largest absolute Gasteiger partial charge is 0.277 e. The van der Waals surface area contributed by atoms with E-state index < -0.39 is 6.65 Å². The zero-order valence-electron chi connectivity index (χ0n) is 5.97. The van der Waals surface area contributed by atoms with Gasteiger partial charge in [0.25, 0.3) is 6.65 Å². The molecule has 0 rings (SSSR count). The number of nitrogens with one attached hydrogen (secondary N) is 2. The first kappa shape index (κ1) is 9.50. The van der Waals surface area contributed by atoms with Crippen LogP contribution in [0.1, 0.15) is 6.92 Å². The van der Waals surface area contributed by atoms with Crippen LogP contribution in [-0.4, -0.2) is 19.8 Å². The molecule has 0 spiro atoms. The fraction of sp³-hybridized carbons (Fsp3) is 1.00. The summed E-state index contributed by atoms with van der Waals surface area (Å²) in [6.45, 7) is -0.286. The number of hydrogen-bond donors (Lipinski definition) is 2. The van der Waals surface area contributed by atoms with Crippen LogP contribution in [0.4, 0.5) is 0 Å². The van der Waals surface area contributed by atoms with E-state index in [9.17, 15) is 4.57 Å². The number of hydrogen-bond acceptors (Lipinski definition) is 2. The summed E-state index contributed by atoms with van der Waals surface area (Å²) in [7, 11) is 3.39. The monoisotopic (exact) mass is 168 g/mol. The Bertz CT molecular complexity index is 111. The predicted octanol–water partition coefficient (Wildman–Crippen LogP) is 1.29. The summed E-state index contributed by atoms with van der Waals surface area (Å²) in [6, 6.07) is 0. The van der Waals surface area contributed by atoms with Gasteiger partial charge < -0.3 is 0 Å². The van der Waals surface area contributed by atoms with Gasteiger partial charge in [-0.2, -0.15) is 0 Å². The van der Waals surface area contributed by atoms with Crippen molar-refractivity contribution in [1.29, 1.82) is 0 Å². The van der Waals surface area contributed by atoms with Gasteiger partial charge in [-0.05, 0) is 19.8 Å². The molecule has 0 heterocycles. The first-order valence-electron chi connectivity index (χ1n) is 2.81. The van der Waals surface area contributed by atoms with Gasteiger partial charge in [0.15, 0.2) is 0 Å². The second kappa shape index (κ2) is 4.34. The smallest absolute Gasteiger partial charge is 0.265 e. The topological polar surface area (TPSA) is 41.1 Å². The van der Waals surface area contributed by atoms with E-state index >= 15 is 0 Å². The van der Waals surface area contributed by atoms with Gasteiger partial charge in [-0.3, -0.25) is 4.57 Å². The van der Waals surface area contributed by atoms with Gasteiger partial charge in [-0.1, -0.05) is 18.3 Å². The van der Waals surface area contributed by atoms with E-state index in [1.165, 1.54) is 11.4 Å². The zero-order valence-corrected chi connectivity index (χ0v) is 7.68. The van der Waals surface area contributed by atoms with Crippen LogP contribution in [0.5, 0.6) is 0 Å². The maximum atomic E-state index is 11.3. The second-order valence-corrected chi connectivity index (χ2v) is 6.57. The highest BCUT2D eigenvalue weighted by atomic mass is 32.7. The van der Waals surface area contributed by atoms with Gasteiger partial charge in [0, 0.05) is 0 Å². The fourth-order valence-electron chi connectivity index (χ4n) is 0.423. The van der Waals surface area contributed by atoms with Gasteiger partial charge >= 0.3 is 0 Å². The van der Waals surface area contributed by atoms with E-state index in [1.807, 2.05) is 6.92 Å². The van der Waals surface area contributed by atoms with Gasteiger partial charge in [-0.15, -0.1) is 0 Å². The summed E-state index contributed by atoms with van der Waals surface area (Å²) >= 11 is 1.41. The van der Waals surface area contributed by atoms with E-state index in [4.69, 9.17) is 0 Å². The Kier molecular flexibility index (Phi) is 4.58. The minimum Gasteiger partial charge on any atom is -0.277 e. The lowest BCUT2D eigenvalue weighted by molar-refractivity contribution is 0.574. The highest BCUT2D eigenvalue weighted by Gasteiger charge is 2.14. The minimum atomic E-state index is -2.26. The molecule has 0 aromatic heterocycles. The summed E-state index contributed by atoms with van der Waals surface area (Å²) < 4.78 is 11.3. The summed E-state index contributed by atoms with van der Waals surface area (Å²) in [4.78, 5) is 0. The standard InChI is InChI=1S/C4H13N2OPS/c1-4-9-8(7,5-2)6-3/h4H2,1-3H3,(H2,5,6,7). The molecule has 9 heavy (non-hydrogen) atoms. The van der Waals surface area contributed by atoms with Crippen molar-refractivity contribution >= 4 is 18.0 Å². The van der Waals surface area contributed by atoms with Gasteiger partial charge in [0.05, 0.1) is 0 Å². The molecule has 0 aliphatic carbocycles. The Morgan fingerprint density at radius 2 is 1.89 bits per heavy atom. The summed E-state index contributed by atoms with van der Waals surface area (Å²) in [5.41, 5.74) is 0. The van der Waals surface area contributed by atoms with E-state index in [0.29, 0.717) is 0 Å². The molecule has 2 N–H and O–H groups in total. The molecule has 0 fully saturated rings. The second-order valence-electron chi connectivity index (χ2n) is 1.42. The molecule has 0 amide bonds. The fourth-order valence-corrected chi connectivity index (χ4v) is 3.13. The molecular weight excluding hydrogens is 155 g/mol. The Morgan fingerprint density at radius 1 is 1.44 bits per heavy atom. The normalized spacial score (nSPS) is 11.9. The summed E-state index contributed by atoms with van der Waals surface area (Å²) in [5.74, 6) is 0.860. The molecule has 0 saturated heterocycles.